The van der Waals surface area contributed by atoms with Crippen molar-refractivity contribution >= 4 is 23.8 Å². The SMILES string of the molecule is CCCN([B]c1ccc2cc[nH]c2c1)C(C)CC. The summed E-state index contributed by atoms with van der Waals surface area (Å²) in [5, 5.41) is 1.28. The molecule has 0 fully saturated rings. The molecule has 18 heavy (non-hydrogen) atoms. The van der Waals surface area contributed by atoms with Crippen LogP contribution < -0.4 is 5.46 Å². The minimum absolute atomic E-state index is 0.601. The predicted octanol–water partition coefficient (Wildman–Crippen LogP) is 2.92. The van der Waals surface area contributed by atoms with Crippen molar-refractivity contribution in [1.29, 1.82) is 0 Å². The van der Waals surface area contributed by atoms with E-state index in [-0.39, 0.29) is 0 Å². The second-order valence-corrected chi connectivity index (χ2v) is 4.95. The zero-order valence-corrected chi connectivity index (χ0v) is 11.6. The zero-order valence-electron chi connectivity index (χ0n) is 11.6. The first kappa shape index (κ1) is 13.2. The third-order valence-electron chi connectivity index (χ3n) is 3.53. The molecule has 2 aromatic rings. The van der Waals surface area contributed by atoms with Gasteiger partial charge < -0.3 is 9.79 Å². The van der Waals surface area contributed by atoms with Crippen molar-refractivity contribution in [3.05, 3.63) is 30.5 Å². The largest absolute Gasteiger partial charge is 0.361 e. The Bertz CT molecular complexity index is 492. The Morgan fingerprint density at radius 1 is 1.28 bits per heavy atom. The Morgan fingerprint density at radius 2 is 2.11 bits per heavy atom. The number of hydrogen-bond acceptors (Lipinski definition) is 1. The molecule has 0 aliphatic heterocycles. The summed E-state index contributed by atoms with van der Waals surface area (Å²) < 4.78 is 0. The van der Waals surface area contributed by atoms with E-state index in [1.807, 2.05) is 6.20 Å². The van der Waals surface area contributed by atoms with Crippen molar-refractivity contribution in [1.82, 2.24) is 9.79 Å². The highest BCUT2D eigenvalue weighted by molar-refractivity contribution is 6.51. The Hall–Kier alpha value is -1.22. The molecule has 1 aromatic heterocycles. The van der Waals surface area contributed by atoms with E-state index in [1.54, 1.807) is 0 Å². The first-order valence-electron chi connectivity index (χ1n) is 6.92. The quantitative estimate of drug-likeness (QED) is 0.770. The van der Waals surface area contributed by atoms with Crippen molar-refractivity contribution in [2.75, 3.05) is 6.54 Å². The Labute approximate surface area is 111 Å². The van der Waals surface area contributed by atoms with Gasteiger partial charge in [-0.05, 0) is 42.9 Å². The van der Waals surface area contributed by atoms with Gasteiger partial charge >= 0.3 is 0 Å². The van der Waals surface area contributed by atoms with Gasteiger partial charge in [0.15, 0.2) is 0 Å². The van der Waals surface area contributed by atoms with Crippen LogP contribution in [-0.4, -0.2) is 29.8 Å². The number of fused-ring (bicyclic) bond motifs is 1. The van der Waals surface area contributed by atoms with Crippen molar-refractivity contribution in [2.24, 2.45) is 0 Å². The van der Waals surface area contributed by atoms with Crippen LogP contribution in [0.4, 0.5) is 0 Å². The molecule has 0 aliphatic rings. The van der Waals surface area contributed by atoms with Crippen LogP contribution in [0, 0.1) is 0 Å². The van der Waals surface area contributed by atoms with Crippen molar-refractivity contribution in [3.8, 4) is 0 Å². The van der Waals surface area contributed by atoms with Gasteiger partial charge in [0.1, 0.15) is 0 Å². The number of aromatic amines is 1. The van der Waals surface area contributed by atoms with Crippen LogP contribution in [0.15, 0.2) is 30.5 Å². The number of rotatable bonds is 6. The minimum atomic E-state index is 0.601. The molecule has 1 unspecified atom stereocenters. The second-order valence-electron chi connectivity index (χ2n) is 4.95. The summed E-state index contributed by atoms with van der Waals surface area (Å²) in [5.41, 5.74) is 2.49. The molecule has 95 valence electrons. The lowest BCUT2D eigenvalue weighted by atomic mass is 9.78. The second kappa shape index (κ2) is 6.10. The number of nitrogens with one attached hydrogen (secondary N) is 1. The highest BCUT2D eigenvalue weighted by Gasteiger charge is 2.13. The summed E-state index contributed by atoms with van der Waals surface area (Å²) in [6, 6.07) is 9.31. The molecule has 0 saturated carbocycles. The van der Waals surface area contributed by atoms with E-state index in [4.69, 9.17) is 0 Å². The smallest absolute Gasteiger partial charge is 0.247 e. The van der Waals surface area contributed by atoms with Gasteiger partial charge in [0.2, 0.25) is 7.41 Å². The van der Waals surface area contributed by atoms with Crippen LogP contribution >= 0.6 is 0 Å². The standard InChI is InChI=1S/C15H22BN2/c1-4-10-18(12(3)5-2)16-14-7-6-13-8-9-17-15(13)11-14/h6-9,11-12,17H,4-5,10H2,1-3H3. The maximum absolute atomic E-state index is 3.27. The number of hydrogen-bond donors (Lipinski definition) is 1. The summed E-state index contributed by atoms with van der Waals surface area (Å²) in [6.45, 7) is 7.89. The van der Waals surface area contributed by atoms with E-state index in [0.29, 0.717) is 6.04 Å². The topological polar surface area (TPSA) is 19.0 Å². The third kappa shape index (κ3) is 2.96. The summed E-state index contributed by atoms with van der Waals surface area (Å²) in [5.74, 6) is 0. The van der Waals surface area contributed by atoms with E-state index >= 15 is 0 Å². The fourth-order valence-electron chi connectivity index (χ4n) is 2.24. The van der Waals surface area contributed by atoms with Gasteiger partial charge in [-0.3, -0.25) is 0 Å². The first-order chi connectivity index (χ1) is 8.74. The molecule has 0 amide bonds. The van der Waals surface area contributed by atoms with Gasteiger partial charge in [-0.1, -0.05) is 38.4 Å². The zero-order chi connectivity index (χ0) is 13.0. The van der Waals surface area contributed by atoms with Crippen LogP contribution in [0.5, 0.6) is 0 Å². The summed E-state index contributed by atoms with van der Waals surface area (Å²) >= 11 is 0. The van der Waals surface area contributed by atoms with Crippen LogP contribution in [0.25, 0.3) is 10.9 Å². The van der Waals surface area contributed by atoms with Crippen LogP contribution in [0.1, 0.15) is 33.6 Å². The molecule has 0 saturated heterocycles. The highest BCUT2D eigenvalue weighted by atomic mass is 15.1. The van der Waals surface area contributed by atoms with Crippen molar-refractivity contribution in [3.63, 3.8) is 0 Å². The summed E-state index contributed by atoms with van der Waals surface area (Å²) in [4.78, 5) is 5.72. The molecular weight excluding hydrogens is 219 g/mol. The summed E-state index contributed by atoms with van der Waals surface area (Å²) in [6.07, 6.45) is 4.36. The van der Waals surface area contributed by atoms with Crippen LogP contribution in [0.3, 0.4) is 0 Å². The minimum Gasteiger partial charge on any atom is -0.361 e. The van der Waals surface area contributed by atoms with Gasteiger partial charge in [0.25, 0.3) is 0 Å². The molecule has 2 rings (SSSR count). The lowest BCUT2D eigenvalue weighted by molar-refractivity contribution is 0.345. The molecule has 0 bridgehead atoms. The molecule has 1 N–H and O–H groups in total. The lowest BCUT2D eigenvalue weighted by Crippen LogP contribution is -2.42. The van der Waals surface area contributed by atoms with E-state index in [0.717, 1.165) is 6.54 Å². The number of aromatic nitrogens is 1. The monoisotopic (exact) mass is 241 g/mol. The van der Waals surface area contributed by atoms with Gasteiger partial charge in [-0.15, -0.1) is 0 Å². The fourth-order valence-corrected chi connectivity index (χ4v) is 2.24. The highest BCUT2D eigenvalue weighted by Crippen LogP contribution is 2.10. The average molecular weight is 241 g/mol. The average Bonchev–Trinajstić information content (AvgIpc) is 2.84. The van der Waals surface area contributed by atoms with E-state index in [9.17, 15) is 0 Å². The molecule has 1 heterocycles. The van der Waals surface area contributed by atoms with Crippen molar-refractivity contribution in [2.45, 2.75) is 39.7 Å². The Kier molecular flexibility index (Phi) is 4.48. The first-order valence-corrected chi connectivity index (χ1v) is 6.92. The van der Waals surface area contributed by atoms with Gasteiger partial charge in [0.05, 0.1) is 0 Å². The maximum Gasteiger partial charge on any atom is 0.247 e. The van der Waals surface area contributed by atoms with E-state index in [2.05, 4.69) is 62.2 Å². The van der Waals surface area contributed by atoms with Gasteiger partial charge in [-0.25, -0.2) is 0 Å². The maximum atomic E-state index is 3.27. The third-order valence-corrected chi connectivity index (χ3v) is 3.53. The number of H-pyrrole nitrogens is 1. The van der Waals surface area contributed by atoms with Crippen LogP contribution in [-0.2, 0) is 0 Å². The van der Waals surface area contributed by atoms with Gasteiger partial charge in [0, 0.05) is 11.7 Å². The predicted molar refractivity (Wildman–Crippen MR) is 80.4 cm³/mol. The molecule has 1 aromatic carbocycles. The lowest BCUT2D eigenvalue weighted by Gasteiger charge is -2.27. The number of benzene rings is 1. The molecule has 1 atom stereocenters. The summed E-state index contributed by atoms with van der Waals surface area (Å²) in [7, 11) is 2.29. The van der Waals surface area contributed by atoms with Crippen molar-refractivity contribution < 1.29 is 0 Å². The Morgan fingerprint density at radius 3 is 2.83 bits per heavy atom. The Balaban J connectivity index is 2.14. The van der Waals surface area contributed by atoms with Crippen LogP contribution in [0.2, 0.25) is 0 Å². The fraction of sp³-hybridized carbons (Fsp3) is 0.467. The number of nitrogens with zero attached hydrogens (tertiary/aromatic N) is 1. The molecule has 0 spiro atoms. The normalized spacial score (nSPS) is 13.1. The molecule has 1 radical (unpaired) electrons. The van der Waals surface area contributed by atoms with Gasteiger partial charge in [-0.2, -0.15) is 0 Å². The molecule has 3 heteroatoms. The van der Waals surface area contributed by atoms with E-state index in [1.165, 1.54) is 29.2 Å². The molecule has 0 aliphatic carbocycles. The molecular formula is C15H22BN2. The van der Waals surface area contributed by atoms with E-state index < -0.39 is 0 Å². The molecule has 2 nitrogen and oxygen atoms in total.